The molecule has 0 aliphatic heterocycles. The zero-order valence-corrected chi connectivity index (χ0v) is 11.6. The number of nitriles is 1. The number of rotatable bonds is 4. The van der Waals surface area contributed by atoms with E-state index in [4.69, 9.17) is 5.26 Å². The van der Waals surface area contributed by atoms with Crippen LogP contribution in [0.2, 0.25) is 0 Å². The third kappa shape index (κ3) is 3.61. The van der Waals surface area contributed by atoms with E-state index in [9.17, 15) is 4.79 Å². The number of carbonyl (C=O) groups is 1. The fourth-order valence-electron chi connectivity index (χ4n) is 2.37. The maximum absolute atomic E-state index is 12.0. The summed E-state index contributed by atoms with van der Waals surface area (Å²) in [4.78, 5) is 12.0. The van der Waals surface area contributed by atoms with Crippen LogP contribution in [0.15, 0.2) is 36.0 Å². The summed E-state index contributed by atoms with van der Waals surface area (Å²) in [5.74, 6) is -0.291. The Morgan fingerprint density at radius 2 is 2.05 bits per heavy atom. The van der Waals surface area contributed by atoms with E-state index in [1.807, 2.05) is 37.3 Å². The van der Waals surface area contributed by atoms with Gasteiger partial charge in [-0.1, -0.05) is 31.0 Å². The van der Waals surface area contributed by atoms with E-state index < -0.39 is 0 Å². The maximum Gasteiger partial charge on any atom is 0.263 e. The third-order valence-electron chi connectivity index (χ3n) is 3.57. The predicted molar refractivity (Wildman–Crippen MR) is 78.9 cm³/mol. The molecule has 0 heterocycles. The number of benzene rings is 1. The van der Waals surface area contributed by atoms with Crippen LogP contribution in [-0.2, 0) is 4.79 Å². The van der Waals surface area contributed by atoms with E-state index in [2.05, 4.69) is 10.6 Å². The van der Waals surface area contributed by atoms with Crippen LogP contribution in [0.3, 0.4) is 0 Å². The summed E-state index contributed by atoms with van der Waals surface area (Å²) >= 11 is 0. The molecule has 2 rings (SSSR count). The first-order chi connectivity index (χ1) is 9.70. The van der Waals surface area contributed by atoms with Gasteiger partial charge in [0.1, 0.15) is 11.6 Å². The van der Waals surface area contributed by atoms with Gasteiger partial charge in [-0.05, 0) is 31.4 Å². The zero-order valence-electron chi connectivity index (χ0n) is 11.6. The van der Waals surface area contributed by atoms with Gasteiger partial charge in [0.2, 0.25) is 0 Å². The molecular weight excluding hydrogens is 250 g/mol. The molecule has 0 aromatic heterocycles. The van der Waals surface area contributed by atoms with Crippen molar-refractivity contribution in [3.05, 3.63) is 41.6 Å². The molecule has 0 saturated heterocycles. The van der Waals surface area contributed by atoms with Gasteiger partial charge in [-0.3, -0.25) is 4.79 Å². The molecular formula is C16H19N3O. The lowest BCUT2D eigenvalue weighted by molar-refractivity contribution is -0.117. The highest BCUT2D eigenvalue weighted by molar-refractivity contribution is 5.97. The largest absolute Gasteiger partial charge is 0.360 e. The number of hydrogen-bond acceptors (Lipinski definition) is 3. The van der Waals surface area contributed by atoms with E-state index in [1.54, 1.807) is 0 Å². The first-order valence-corrected chi connectivity index (χ1v) is 6.94. The van der Waals surface area contributed by atoms with E-state index in [0.29, 0.717) is 0 Å². The number of nitrogens with zero attached hydrogens (tertiary/aromatic N) is 1. The van der Waals surface area contributed by atoms with Crippen LogP contribution in [0, 0.1) is 18.3 Å². The van der Waals surface area contributed by atoms with E-state index in [1.165, 1.54) is 6.20 Å². The lowest BCUT2D eigenvalue weighted by Gasteiger charge is -2.11. The summed E-state index contributed by atoms with van der Waals surface area (Å²) < 4.78 is 0. The quantitative estimate of drug-likeness (QED) is 0.652. The minimum Gasteiger partial charge on any atom is -0.360 e. The van der Waals surface area contributed by atoms with Gasteiger partial charge in [0.15, 0.2) is 0 Å². The molecule has 2 N–H and O–H groups in total. The molecule has 4 nitrogen and oxygen atoms in total. The molecule has 1 fully saturated rings. The van der Waals surface area contributed by atoms with Gasteiger partial charge in [0, 0.05) is 17.9 Å². The van der Waals surface area contributed by atoms with Gasteiger partial charge >= 0.3 is 0 Å². The molecule has 20 heavy (non-hydrogen) atoms. The van der Waals surface area contributed by atoms with Crippen molar-refractivity contribution < 1.29 is 4.79 Å². The number of nitrogens with one attached hydrogen (secondary N) is 2. The zero-order chi connectivity index (χ0) is 14.4. The van der Waals surface area contributed by atoms with Crippen molar-refractivity contribution in [3.8, 4) is 6.07 Å². The molecule has 1 saturated carbocycles. The van der Waals surface area contributed by atoms with Crippen LogP contribution in [0.5, 0.6) is 0 Å². The standard InChI is InChI=1S/C16H19N3O/c1-12-6-2-5-9-15(12)18-11-13(10-17)16(20)19-14-7-3-4-8-14/h2,5-6,9,11,14,18H,3-4,7-8H2,1H3,(H,19,20)/b13-11-. The van der Waals surface area contributed by atoms with Gasteiger partial charge in [-0.25, -0.2) is 0 Å². The van der Waals surface area contributed by atoms with Crippen LogP contribution in [0.4, 0.5) is 5.69 Å². The molecule has 104 valence electrons. The molecule has 1 aliphatic rings. The minimum atomic E-state index is -0.291. The SMILES string of the molecule is Cc1ccccc1N/C=C(/C#N)C(=O)NC1CCCC1. The second kappa shape index (κ2) is 6.76. The van der Waals surface area contributed by atoms with Crippen LogP contribution >= 0.6 is 0 Å². The first kappa shape index (κ1) is 14.1. The number of hydrogen-bond donors (Lipinski definition) is 2. The number of anilines is 1. The van der Waals surface area contributed by atoms with Gasteiger partial charge in [0.05, 0.1) is 0 Å². The monoisotopic (exact) mass is 269 g/mol. The number of para-hydroxylation sites is 1. The Balaban J connectivity index is 2.00. The molecule has 1 aliphatic carbocycles. The average Bonchev–Trinajstić information content (AvgIpc) is 2.94. The van der Waals surface area contributed by atoms with Crippen LogP contribution in [0.25, 0.3) is 0 Å². The number of amides is 1. The smallest absolute Gasteiger partial charge is 0.263 e. The molecule has 1 aromatic carbocycles. The van der Waals surface area contributed by atoms with Crippen molar-refractivity contribution >= 4 is 11.6 Å². The Bertz CT molecular complexity index is 551. The average molecular weight is 269 g/mol. The lowest BCUT2D eigenvalue weighted by atomic mass is 10.2. The van der Waals surface area contributed by atoms with Crippen molar-refractivity contribution in [1.82, 2.24) is 5.32 Å². The molecule has 4 heteroatoms. The van der Waals surface area contributed by atoms with E-state index in [-0.39, 0.29) is 17.5 Å². The summed E-state index contributed by atoms with van der Waals surface area (Å²) in [7, 11) is 0. The highest BCUT2D eigenvalue weighted by Gasteiger charge is 2.19. The first-order valence-electron chi connectivity index (χ1n) is 6.94. The van der Waals surface area contributed by atoms with Gasteiger partial charge in [0.25, 0.3) is 5.91 Å². The van der Waals surface area contributed by atoms with Crippen molar-refractivity contribution in [2.24, 2.45) is 0 Å². The third-order valence-corrected chi connectivity index (χ3v) is 3.57. The summed E-state index contributed by atoms with van der Waals surface area (Å²) in [5.41, 5.74) is 2.08. The van der Waals surface area contributed by atoms with Crippen molar-refractivity contribution in [3.63, 3.8) is 0 Å². The molecule has 0 spiro atoms. The lowest BCUT2D eigenvalue weighted by Crippen LogP contribution is -2.33. The maximum atomic E-state index is 12.0. The van der Waals surface area contributed by atoms with Crippen molar-refractivity contribution in [1.29, 1.82) is 5.26 Å². The summed E-state index contributed by atoms with van der Waals surface area (Å²) in [5, 5.41) is 15.0. The van der Waals surface area contributed by atoms with Crippen LogP contribution < -0.4 is 10.6 Å². The van der Waals surface area contributed by atoms with Crippen molar-refractivity contribution in [2.75, 3.05) is 5.32 Å². The number of aryl methyl sites for hydroxylation is 1. The Hall–Kier alpha value is -2.28. The van der Waals surface area contributed by atoms with Crippen LogP contribution in [-0.4, -0.2) is 11.9 Å². The molecule has 0 radical (unpaired) electrons. The fraction of sp³-hybridized carbons (Fsp3) is 0.375. The molecule has 0 unspecified atom stereocenters. The van der Waals surface area contributed by atoms with Crippen molar-refractivity contribution in [2.45, 2.75) is 38.6 Å². The normalized spacial score (nSPS) is 15.7. The second-order valence-electron chi connectivity index (χ2n) is 5.08. The molecule has 1 amide bonds. The predicted octanol–water partition coefficient (Wildman–Crippen LogP) is 2.87. The fourth-order valence-corrected chi connectivity index (χ4v) is 2.37. The van der Waals surface area contributed by atoms with Crippen LogP contribution in [0.1, 0.15) is 31.2 Å². The molecule has 0 atom stereocenters. The molecule has 1 aromatic rings. The highest BCUT2D eigenvalue weighted by atomic mass is 16.1. The van der Waals surface area contributed by atoms with Gasteiger partial charge in [-0.15, -0.1) is 0 Å². The summed E-state index contributed by atoms with van der Waals surface area (Å²) in [6.45, 7) is 1.97. The Morgan fingerprint density at radius 1 is 1.35 bits per heavy atom. The Morgan fingerprint density at radius 3 is 2.70 bits per heavy atom. The van der Waals surface area contributed by atoms with E-state index in [0.717, 1.165) is 36.9 Å². The second-order valence-corrected chi connectivity index (χ2v) is 5.08. The summed E-state index contributed by atoms with van der Waals surface area (Å²) in [6, 6.07) is 9.91. The van der Waals surface area contributed by atoms with Gasteiger partial charge in [-0.2, -0.15) is 5.26 Å². The van der Waals surface area contributed by atoms with Gasteiger partial charge < -0.3 is 10.6 Å². The number of carbonyl (C=O) groups excluding carboxylic acids is 1. The Kier molecular flexibility index (Phi) is 4.78. The minimum absolute atomic E-state index is 0.111. The highest BCUT2D eigenvalue weighted by Crippen LogP contribution is 2.18. The topological polar surface area (TPSA) is 64.9 Å². The molecule has 0 bridgehead atoms. The summed E-state index contributed by atoms with van der Waals surface area (Å²) in [6.07, 6.45) is 5.80. The van der Waals surface area contributed by atoms with E-state index >= 15 is 0 Å². The Labute approximate surface area is 119 Å².